The Morgan fingerprint density at radius 1 is 1.12 bits per heavy atom. The smallest absolute Gasteiger partial charge is 0.455 e. The fourth-order valence-corrected chi connectivity index (χ4v) is 3.43. The van der Waals surface area contributed by atoms with E-state index in [9.17, 15) is 50.6 Å². The topological polar surface area (TPSA) is 158 Å². The summed E-state index contributed by atoms with van der Waals surface area (Å²) in [5.74, 6) is -10.7. The Hall–Kier alpha value is -3.45. The number of thiol groups is 1. The lowest BCUT2D eigenvalue weighted by atomic mass is 10.0. The first-order chi connectivity index (χ1) is 18.9. The second-order valence-corrected chi connectivity index (χ2v) is 9.12. The summed E-state index contributed by atoms with van der Waals surface area (Å²) < 4.78 is 90.7. The Labute approximate surface area is 234 Å². The van der Waals surface area contributed by atoms with Gasteiger partial charge >= 0.3 is 18.2 Å². The zero-order valence-electron chi connectivity index (χ0n) is 21.5. The summed E-state index contributed by atoms with van der Waals surface area (Å²) in [5.41, 5.74) is -3.35. The maximum atomic E-state index is 14.1. The van der Waals surface area contributed by atoms with Gasteiger partial charge in [-0.1, -0.05) is 12.8 Å². The van der Waals surface area contributed by atoms with Crippen LogP contribution in [0.4, 0.5) is 36.8 Å². The van der Waals surface area contributed by atoms with Crippen LogP contribution >= 0.6 is 12.8 Å². The molecule has 41 heavy (non-hydrogen) atoms. The number of carbonyl (C=O) groups is 4. The minimum atomic E-state index is -6.01. The Morgan fingerprint density at radius 2 is 1.78 bits per heavy atom. The first-order valence-electron chi connectivity index (χ1n) is 11.7. The molecular weight excluding hydrogens is 592 g/mol. The van der Waals surface area contributed by atoms with E-state index in [1.807, 2.05) is 5.32 Å². The van der Waals surface area contributed by atoms with Crippen molar-refractivity contribution >= 4 is 42.3 Å². The molecule has 1 aliphatic rings. The second-order valence-electron chi connectivity index (χ2n) is 8.80. The molecule has 1 aromatic carbocycles. The average molecular weight is 620 g/mol. The first-order valence-corrected chi connectivity index (χ1v) is 12.2. The number of ether oxygens (including phenoxy) is 2. The van der Waals surface area contributed by atoms with Gasteiger partial charge in [0, 0.05) is 19.2 Å². The van der Waals surface area contributed by atoms with Crippen molar-refractivity contribution in [3.63, 3.8) is 0 Å². The molecule has 230 valence electrons. The lowest BCUT2D eigenvalue weighted by Gasteiger charge is -2.29. The zero-order valence-corrected chi connectivity index (χ0v) is 22.4. The Kier molecular flexibility index (Phi) is 11.1. The normalized spacial score (nSPS) is 18.8. The van der Waals surface area contributed by atoms with Crippen LogP contribution < -0.4 is 30.3 Å². The van der Waals surface area contributed by atoms with E-state index >= 15 is 0 Å². The average Bonchev–Trinajstić information content (AvgIpc) is 2.96. The highest BCUT2D eigenvalue weighted by Gasteiger charge is 2.58. The number of alkyl carbamates (subject to hydrolysis) is 1. The molecule has 0 saturated carbocycles. The minimum Gasteiger partial charge on any atom is -0.486 e. The van der Waals surface area contributed by atoms with Gasteiger partial charge < -0.3 is 35.4 Å². The van der Waals surface area contributed by atoms with Crippen LogP contribution in [0.5, 0.6) is 5.75 Å². The van der Waals surface area contributed by atoms with E-state index in [0.717, 1.165) is 22.3 Å². The number of hydrogen-bond donors (Lipinski definition) is 6. The van der Waals surface area contributed by atoms with Crippen LogP contribution in [0.25, 0.3) is 0 Å². The quantitative estimate of drug-likeness (QED) is 0.0913. The molecule has 1 unspecified atom stereocenters. The summed E-state index contributed by atoms with van der Waals surface area (Å²) in [6.07, 6.45) is -8.12. The molecule has 0 spiro atoms. The van der Waals surface area contributed by atoms with E-state index in [1.165, 1.54) is 13.0 Å². The lowest BCUT2D eigenvalue weighted by Crippen LogP contribution is -2.63. The number of benzene rings is 1. The van der Waals surface area contributed by atoms with Gasteiger partial charge in [-0.2, -0.15) is 22.0 Å². The van der Waals surface area contributed by atoms with Crippen LogP contribution in [0.15, 0.2) is 18.2 Å². The molecule has 4 amide bonds. The number of carbonyl (C=O) groups excluding carboxylic acids is 4. The monoisotopic (exact) mass is 619 g/mol. The molecule has 0 bridgehead atoms. The number of hydrogen-bond acceptors (Lipinski definition) is 9. The van der Waals surface area contributed by atoms with Crippen molar-refractivity contribution in [1.29, 1.82) is 0 Å². The summed E-state index contributed by atoms with van der Waals surface area (Å²) in [6.45, 7) is -0.832. The second kappa shape index (κ2) is 13.5. The fourth-order valence-electron chi connectivity index (χ4n) is 3.32. The van der Waals surface area contributed by atoms with Gasteiger partial charge in [0.1, 0.15) is 30.3 Å². The largest absolute Gasteiger partial charge is 0.486 e. The Balaban J connectivity index is 2.21. The minimum absolute atomic E-state index is 0.0350. The van der Waals surface area contributed by atoms with Crippen LogP contribution in [0.3, 0.4) is 0 Å². The van der Waals surface area contributed by atoms with Crippen LogP contribution in [-0.4, -0.2) is 91.6 Å². The predicted molar refractivity (Wildman–Crippen MR) is 132 cm³/mol. The number of fused-ring (bicyclic) bond motifs is 1. The highest BCUT2D eigenvalue weighted by atomic mass is 32.1. The standard InChI is InChI=1S/C22H27F6N5O7S/c1-11-15(32-18(36)20(2,38)17(35)30-10-21(24,25)22(26,27)28)16(34)33(7-8-39-19(37)29-5-6-31-41)13-9-12(23)3-4-14(13)40-11/h3-4,9,11,15,31,38,41H,5-8,10H2,1-2H3,(H,29,37)(H,30,35)(H,32,36)/t11-,15+,20?/m1/s1. The fraction of sp³-hybridized carbons (Fsp3) is 0.545. The van der Waals surface area contributed by atoms with Gasteiger partial charge in [-0.05, 0) is 26.0 Å². The molecule has 2 rings (SSSR count). The van der Waals surface area contributed by atoms with E-state index in [0.29, 0.717) is 13.5 Å². The lowest BCUT2D eigenvalue weighted by molar-refractivity contribution is -0.278. The van der Waals surface area contributed by atoms with E-state index in [-0.39, 0.29) is 24.5 Å². The van der Waals surface area contributed by atoms with Gasteiger partial charge in [-0.3, -0.25) is 19.1 Å². The van der Waals surface area contributed by atoms with Gasteiger partial charge in [0.15, 0.2) is 0 Å². The molecule has 1 aliphatic heterocycles. The number of nitrogens with one attached hydrogen (secondary N) is 4. The third kappa shape index (κ3) is 8.52. The highest BCUT2D eigenvalue weighted by Crippen LogP contribution is 2.35. The van der Waals surface area contributed by atoms with Gasteiger partial charge in [0.2, 0.25) is 5.60 Å². The van der Waals surface area contributed by atoms with Crippen molar-refractivity contribution in [2.75, 3.05) is 37.7 Å². The van der Waals surface area contributed by atoms with Crippen LogP contribution in [0, 0.1) is 5.82 Å². The van der Waals surface area contributed by atoms with Crippen LogP contribution in [0.2, 0.25) is 0 Å². The van der Waals surface area contributed by atoms with Gasteiger partial charge in [0.25, 0.3) is 17.7 Å². The van der Waals surface area contributed by atoms with Gasteiger partial charge in [0.05, 0.1) is 18.8 Å². The van der Waals surface area contributed by atoms with E-state index in [2.05, 4.69) is 22.9 Å². The third-order valence-corrected chi connectivity index (χ3v) is 5.86. The summed E-state index contributed by atoms with van der Waals surface area (Å²) >= 11 is 3.75. The molecule has 19 heteroatoms. The molecule has 0 saturated heterocycles. The third-order valence-electron chi connectivity index (χ3n) is 5.64. The SMILES string of the molecule is C[C@H]1Oc2ccc(F)cc2N(CCOC(=O)NCCNS)C(=O)[C@H]1NC(=O)C(C)(O)C(=O)NCC(F)(F)C(F)(F)F. The number of rotatable bonds is 11. The summed E-state index contributed by atoms with van der Waals surface area (Å²) in [5, 5.41) is 15.9. The highest BCUT2D eigenvalue weighted by molar-refractivity contribution is 7.78. The van der Waals surface area contributed by atoms with Crippen LogP contribution in [0.1, 0.15) is 13.8 Å². The van der Waals surface area contributed by atoms with Crippen LogP contribution in [-0.2, 0) is 19.1 Å². The summed E-state index contributed by atoms with van der Waals surface area (Å²) in [6, 6.07) is 1.41. The molecule has 12 nitrogen and oxygen atoms in total. The number of aliphatic hydroxyl groups is 1. The van der Waals surface area contributed by atoms with Crippen molar-refractivity contribution in [3.05, 3.63) is 24.0 Å². The number of anilines is 1. The van der Waals surface area contributed by atoms with Crippen molar-refractivity contribution in [1.82, 2.24) is 20.7 Å². The van der Waals surface area contributed by atoms with Crippen molar-refractivity contribution in [3.8, 4) is 5.75 Å². The molecule has 1 aromatic rings. The molecule has 0 aliphatic carbocycles. The first kappa shape index (κ1) is 33.8. The van der Waals surface area contributed by atoms with Crippen molar-refractivity contribution in [2.24, 2.45) is 0 Å². The summed E-state index contributed by atoms with van der Waals surface area (Å²) in [7, 11) is 0. The maximum absolute atomic E-state index is 14.1. The van der Waals surface area contributed by atoms with Crippen molar-refractivity contribution in [2.45, 2.75) is 43.7 Å². The van der Waals surface area contributed by atoms with E-state index < -0.39 is 72.6 Å². The molecule has 1 heterocycles. The molecule has 0 fully saturated rings. The summed E-state index contributed by atoms with van der Waals surface area (Å²) in [4.78, 5) is 51.1. The van der Waals surface area contributed by atoms with Crippen molar-refractivity contribution < 1.29 is 60.1 Å². The maximum Gasteiger partial charge on any atom is 0.455 e. The van der Waals surface area contributed by atoms with E-state index in [4.69, 9.17) is 9.47 Å². The molecule has 0 radical (unpaired) electrons. The molecule has 0 aromatic heterocycles. The predicted octanol–water partition coefficient (Wildman–Crippen LogP) is 0.650. The number of amides is 4. The number of nitrogens with zero attached hydrogens (tertiary/aromatic N) is 1. The number of alkyl halides is 5. The van der Waals surface area contributed by atoms with Gasteiger partial charge in [-0.15, -0.1) is 0 Å². The zero-order chi connectivity index (χ0) is 31.2. The Bertz CT molecular complexity index is 1140. The molecular formula is C22H27F6N5O7S. The molecule has 5 N–H and O–H groups in total. The van der Waals surface area contributed by atoms with E-state index in [1.54, 1.807) is 0 Å². The number of halogens is 6. The van der Waals surface area contributed by atoms with Gasteiger partial charge in [-0.25, -0.2) is 9.18 Å². The Morgan fingerprint density at radius 3 is 2.39 bits per heavy atom. The molecule has 3 atom stereocenters.